The molecule has 4 aromatic carbocycles. The molecule has 0 aliphatic rings. The van der Waals surface area contributed by atoms with E-state index < -0.39 is 28.8 Å². The highest BCUT2D eigenvalue weighted by atomic mass is 19.1. The molecule has 0 aliphatic carbocycles. The van der Waals surface area contributed by atoms with Crippen LogP contribution in [0.3, 0.4) is 0 Å². The summed E-state index contributed by atoms with van der Waals surface area (Å²) in [5.74, 6) is -3.46. The van der Waals surface area contributed by atoms with Crippen molar-refractivity contribution in [1.82, 2.24) is 4.57 Å². The minimum Gasteiger partial charge on any atom is -0.485 e. The highest BCUT2D eigenvalue weighted by molar-refractivity contribution is 6.04. The molecule has 5 aromatic rings. The molecule has 0 unspecified atom stereocenters. The van der Waals surface area contributed by atoms with E-state index in [2.05, 4.69) is 6.07 Å². The van der Waals surface area contributed by atoms with Crippen LogP contribution in [0.4, 0.5) is 13.2 Å². The second kappa shape index (κ2) is 10.9. The van der Waals surface area contributed by atoms with Gasteiger partial charge in [-0.3, -0.25) is 0 Å². The van der Waals surface area contributed by atoms with Gasteiger partial charge in [0, 0.05) is 29.2 Å². The van der Waals surface area contributed by atoms with Crippen LogP contribution in [0.1, 0.15) is 41.9 Å². The molecular weight excluding hydrogens is 529 g/mol. The van der Waals surface area contributed by atoms with Gasteiger partial charge in [-0.2, -0.15) is 5.26 Å². The van der Waals surface area contributed by atoms with Gasteiger partial charge in [0.05, 0.1) is 28.2 Å². The van der Waals surface area contributed by atoms with E-state index in [1.165, 1.54) is 30.3 Å². The van der Waals surface area contributed by atoms with Crippen LogP contribution >= 0.6 is 0 Å². The van der Waals surface area contributed by atoms with Crippen molar-refractivity contribution < 1.29 is 27.8 Å². The first-order valence-corrected chi connectivity index (χ1v) is 12.8. The highest BCUT2D eigenvalue weighted by Crippen LogP contribution is 2.48. The van der Waals surface area contributed by atoms with Crippen LogP contribution in [0.15, 0.2) is 84.9 Å². The van der Waals surface area contributed by atoms with Crippen LogP contribution < -0.4 is 4.74 Å². The number of aromatic nitrogens is 1. The van der Waals surface area contributed by atoms with Crippen LogP contribution in [0.25, 0.3) is 27.7 Å². The average molecular weight is 555 g/mol. The Bertz CT molecular complexity index is 1800. The normalized spacial score (nSPS) is 11.4. The van der Waals surface area contributed by atoms with E-state index in [0.29, 0.717) is 27.7 Å². The van der Waals surface area contributed by atoms with E-state index in [0.717, 1.165) is 17.7 Å². The summed E-state index contributed by atoms with van der Waals surface area (Å²) in [6.07, 6.45) is 0.00896. The fourth-order valence-corrected chi connectivity index (χ4v) is 5.09. The zero-order valence-corrected chi connectivity index (χ0v) is 22.3. The van der Waals surface area contributed by atoms with Crippen LogP contribution in [-0.2, 0) is 12.0 Å². The van der Waals surface area contributed by atoms with E-state index in [1.807, 2.05) is 30.3 Å². The molecule has 206 valence electrons. The van der Waals surface area contributed by atoms with Gasteiger partial charge in [-0.1, -0.05) is 56.3 Å². The number of benzene rings is 4. The third kappa shape index (κ3) is 5.14. The highest BCUT2D eigenvalue weighted by Gasteiger charge is 2.34. The van der Waals surface area contributed by atoms with Gasteiger partial charge in [0.15, 0.2) is 11.6 Å². The number of rotatable bonds is 8. The SMILES string of the molecule is CC(C)(CC#N)c1c(-c2ccc(C(=O)O)cc2)c2c(OCc3ccccc3)c(F)ccc2n1-c1ccc(F)cc1F. The van der Waals surface area contributed by atoms with Crippen LogP contribution in [0.2, 0.25) is 0 Å². The first-order valence-electron chi connectivity index (χ1n) is 12.8. The Balaban J connectivity index is 1.91. The lowest BCUT2D eigenvalue weighted by Crippen LogP contribution is -2.22. The van der Waals surface area contributed by atoms with E-state index in [-0.39, 0.29) is 30.0 Å². The Kier molecular flexibility index (Phi) is 7.29. The van der Waals surface area contributed by atoms with E-state index in [1.54, 1.807) is 30.5 Å². The summed E-state index contributed by atoms with van der Waals surface area (Å²) in [4.78, 5) is 11.6. The van der Waals surface area contributed by atoms with Crippen molar-refractivity contribution in [2.24, 2.45) is 0 Å². The maximum Gasteiger partial charge on any atom is 0.335 e. The van der Waals surface area contributed by atoms with Gasteiger partial charge in [-0.25, -0.2) is 18.0 Å². The summed E-state index contributed by atoms with van der Waals surface area (Å²) < 4.78 is 52.7. The number of carbonyl (C=O) groups is 1. The van der Waals surface area contributed by atoms with Crippen molar-refractivity contribution in [3.8, 4) is 28.6 Å². The van der Waals surface area contributed by atoms with Crippen LogP contribution in [0, 0.1) is 28.8 Å². The van der Waals surface area contributed by atoms with Crippen molar-refractivity contribution >= 4 is 16.9 Å². The average Bonchev–Trinajstić information content (AvgIpc) is 3.29. The number of fused-ring (bicyclic) bond motifs is 1. The molecule has 0 spiro atoms. The standard InChI is InChI=1S/C33H25F3N2O3/c1-33(2,16-17-37)31-28(21-8-10-22(11-9-21)32(39)40)29-27(38(31)26-14-12-23(34)18-25(26)36)15-13-24(35)30(29)41-19-20-6-4-3-5-7-20/h3-15,18H,16,19H2,1-2H3,(H,39,40). The monoisotopic (exact) mass is 554 g/mol. The van der Waals surface area contributed by atoms with Crippen molar-refractivity contribution in [1.29, 1.82) is 5.26 Å². The Morgan fingerprint density at radius 2 is 1.66 bits per heavy atom. The second-order valence-corrected chi connectivity index (χ2v) is 10.3. The summed E-state index contributed by atoms with van der Waals surface area (Å²) in [6.45, 7) is 3.65. The fraction of sp³-hybridized carbons (Fsp3) is 0.152. The summed E-state index contributed by atoms with van der Waals surface area (Å²) in [6, 6.07) is 23.3. The van der Waals surface area contributed by atoms with Crippen molar-refractivity contribution in [2.45, 2.75) is 32.3 Å². The molecule has 41 heavy (non-hydrogen) atoms. The molecule has 5 nitrogen and oxygen atoms in total. The quantitative estimate of drug-likeness (QED) is 0.210. The summed E-state index contributed by atoms with van der Waals surface area (Å²) in [5, 5.41) is 19.5. The third-order valence-corrected chi connectivity index (χ3v) is 7.00. The van der Waals surface area contributed by atoms with Gasteiger partial charge in [-0.05, 0) is 47.5 Å². The Morgan fingerprint density at radius 3 is 2.29 bits per heavy atom. The lowest BCUT2D eigenvalue weighted by atomic mass is 9.81. The molecular formula is C33H25F3N2O3. The Morgan fingerprint density at radius 1 is 0.951 bits per heavy atom. The van der Waals surface area contributed by atoms with E-state index in [9.17, 15) is 19.6 Å². The maximum absolute atomic E-state index is 15.6. The number of hydrogen-bond acceptors (Lipinski definition) is 3. The molecule has 1 heterocycles. The van der Waals surface area contributed by atoms with Gasteiger partial charge < -0.3 is 14.4 Å². The Labute approximate surface area is 234 Å². The molecule has 8 heteroatoms. The predicted molar refractivity (Wildman–Crippen MR) is 150 cm³/mol. The molecule has 0 radical (unpaired) electrons. The molecule has 0 amide bonds. The van der Waals surface area contributed by atoms with Gasteiger partial charge >= 0.3 is 5.97 Å². The van der Waals surface area contributed by atoms with Crippen molar-refractivity contribution in [3.63, 3.8) is 0 Å². The third-order valence-electron chi connectivity index (χ3n) is 7.00. The lowest BCUT2D eigenvalue weighted by Gasteiger charge is -2.27. The number of carboxylic acids is 1. The largest absolute Gasteiger partial charge is 0.485 e. The number of carboxylic acid groups (broad SMARTS) is 1. The Hall–Kier alpha value is -5.03. The number of aromatic carboxylic acids is 1. The molecule has 0 atom stereocenters. The number of nitriles is 1. The summed E-state index contributed by atoms with van der Waals surface area (Å²) in [5.41, 5.74) is 1.71. The van der Waals surface area contributed by atoms with Crippen LogP contribution in [0.5, 0.6) is 5.75 Å². The zero-order valence-electron chi connectivity index (χ0n) is 22.3. The number of hydrogen-bond donors (Lipinski definition) is 1. The van der Waals surface area contributed by atoms with Gasteiger partial charge in [0.2, 0.25) is 0 Å². The maximum atomic E-state index is 15.6. The summed E-state index contributed by atoms with van der Waals surface area (Å²) in [7, 11) is 0. The molecule has 1 N–H and O–H groups in total. The van der Waals surface area contributed by atoms with Crippen molar-refractivity contribution in [2.75, 3.05) is 0 Å². The van der Waals surface area contributed by atoms with Gasteiger partial charge in [0.1, 0.15) is 18.2 Å². The number of ether oxygens (including phenoxy) is 1. The first-order chi connectivity index (χ1) is 19.6. The molecule has 0 aliphatic heterocycles. The molecule has 0 saturated carbocycles. The fourth-order valence-electron chi connectivity index (χ4n) is 5.09. The number of halogens is 3. The summed E-state index contributed by atoms with van der Waals surface area (Å²) >= 11 is 0. The van der Waals surface area contributed by atoms with Crippen LogP contribution in [-0.4, -0.2) is 15.6 Å². The lowest BCUT2D eigenvalue weighted by molar-refractivity contribution is 0.0697. The minimum atomic E-state index is -1.12. The smallest absolute Gasteiger partial charge is 0.335 e. The zero-order chi connectivity index (χ0) is 29.3. The molecule has 1 aromatic heterocycles. The van der Waals surface area contributed by atoms with Gasteiger partial charge in [0.25, 0.3) is 0 Å². The van der Waals surface area contributed by atoms with E-state index >= 15 is 8.78 Å². The topological polar surface area (TPSA) is 75.2 Å². The minimum absolute atomic E-state index is 0.00596. The molecule has 0 bridgehead atoms. The predicted octanol–water partition coefficient (Wildman–Crippen LogP) is 8.18. The molecule has 0 fully saturated rings. The van der Waals surface area contributed by atoms with Crippen molar-refractivity contribution in [3.05, 3.63) is 119 Å². The second-order valence-electron chi connectivity index (χ2n) is 10.3. The van der Waals surface area contributed by atoms with Gasteiger partial charge in [-0.15, -0.1) is 0 Å². The molecule has 0 saturated heterocycles. The van der Waals surface area contributed by atoms with E-state index in [4.69, 9.17) is 4.74 Å². The molecule has 5 rings (SSSR count). The number of nitrogens with zero attached hydrogens (tertiary/aromatic N) is 2. The first kappa shape index (κ1) is 27.5.